The van der Waals surface area contributed by atoms with Crippen LogP contribution in [0.5, 0.6) is 34.8 Å². The predicted octanol–water partition coefficient (Wildman–Crippen LogP) is 11.2. The molecule has 4 heterocycles. The zero-order chi connectivity index (χ0) is 38.6. The summed E-state index contributed by atoms with van der Waals surface area (Å²) in [7, 11) is 0. The van der Waals surface area contributed by atoms with Crippen LogP contribution in [0, 0.1) is 0 Å². The van der Waals surface area contributed by atoms with Crippen molar-refractivity contribution in [3.63, 3.8) is 0 Å². The summed E-state index contributed by atoms with van der Waals surface area (Å²) in [6.45, 7) is -0.127. The van der Waals surface area contributed by atoms with Crippen LogP contribution in [0.3, 0.4) is 0 Å². The number of nitrogens with zero attached hydrogens (tertiary/aromatic N) is 2. The molecule has 13 rings (SSSR count). The Balaban J connectivity index is 0.897. The highest BCUT2D eigenvalue weighted by atomic mass is 16.5. The SMILES string of the molecule is c1ccc(-c2cc(-c3ccccc3)cc(-c3cccc4c3Cc3c(-c5cccc(-c6nc7c8c(n6)Oc6cccc9c6B8c6c(cccc6O7)O9)c5)cccc3-4)c2)cc1. The molecule has 6 heteroatoms. The van der Waals surface area contributed by atoms with Gasteiger partial charge in [0, 0.05) is 16.5 Å². The van der Waals surface area contributed by atoms with Gasteiger partial charge in [-0.3, -0.25) is 0 Å². The van der Waals surface area contributed by atoms with E-state index in [1.165, 1.54) is 61.2 Å². The Morgan fingerprint density at radius 1 is 0.339 bits per heavy atom. The van der Waals surface area contributed by atoms with Gasteiger partial charge in [0.2, 0.25) is 11.8 Å². The summed E-state index contributed by atoms with van der Waals surface area (Å²) in [5, 5.41) is 0. The molecule has 0 N–H and O–H groups in total. The molecule has 0 unspecified atom stereocenters. The van der Waals surface area contributed by atoms with Crippen molar-refractivity contribution in [1.29, 1.82) is 0 Å². The number of ether oxygens (including phenoxy) is 3. The van der Waals surface area contributed by atoms with E-state index < -0.39 is 0 Å². The first-order chi connectivity index (χ1) is 29.2. The van der Waals surface area contributed by atoms with Gasteiger partial charge in [0.25, 0.3) is 6.71 Å². The van der Waals surface area contributed by atoms with Crippen molar-refractivity contribution in [2.75, 3.05) is 0 Å². The second kappa shape index (κ2) is 12.4. The smallest absolute Gasteiger partial charge is 0.274 e. The van der Waals surface area contributed by atoms with Crippen molar-refractivity contribution in [3.8, 4) is 102 Å². The highest BCUT2D eigenvalue weighted by Crippen LogP contribution is 2.47. The van der Waals surface area contributed by atoms with Gasteiger partial charge in [-0.15, -0.1) is 0 Å². The lowest BCUT2D eigenvalue weighted by Gasteiger charge is -2.36. The van der Waals surface area contributed by atoms with E-state index in [4.69, 9.17) is 24.2 Å². The average molecular weight is 755 g/mol. The van der Waals surface area contributed by atoms with Crippen molar-refractivity contribution < 1.29 is 14.2 Å². The van der Waals surface area contributed by atoms with Crippen molar-refractivity contribution in [1.82, 2.24) is 9.97 Å². The Kier molecular flexibility index (Phi) is 6.81. The molecular formula is C53H31BN2O3. The Morgan fingerprint density at radius 3 is 1.34 bits per heavy atom. The molecule has 0 atom stereocenters. The second-order valence-electron chi connectivity index (χ2n) is 15.6. The van der Waals surface area contributed by atoms with Crippen molar-refractivity contribution in [2.45, 2.75) is 6.42 Å². The van der Waals surface area contributed by atoms with Crippen LogP contribution in [0.25, 0.3) is 67.0 Å². The number of fused-ring (bicyclic) bond motifs is 3. The fourth-order valence-electron chi connectivity index (χ4n) is 9.67. The van der Waals surface area contributed by atoms with E-state index in [2.05, 4.69) is 140 Å². The van der Waals surface area contributed by atoms with E-state index in [9.17, 15) is 0 Å². The molecule has 274 valence electrons. The molecule has 8 aromatic carbocycles. The number of hydrogen-bond donors (Lipinski definition) is 0. The van der Waals surface area contributed by atoms with Crippen molar-refractivity contribution in [2.24, 2.45) is 0 Å². The van der Waals surface area contributed by atoms with E-state index in [1.807, 2.05) is 36.4 Å². The molecule has 0 radical (unpaired) electrons. The summed E-state index contributed by atoms with van der Waals surface area (Å²) >= 11 is 0. The van der Waals surface area contributed by atoms with Gasteiger partial charge in [-0.1, -0.05) is 127 Å². The summed E-state index contributed by atoms with van der Waals surface area (Å²) in [4.78, 5) is 10.2. The molecule has 59 heavy (non-hydrogen) atoms. The monoisotopic (exact) mass is 754 g/mol. The number of benzene rings is 8. The maximum Gasteiger partial charge on any atom is 0.274 e. The van der Waals surface area contributed by atoms with Gasteiger partial charge in [0.1, 0.15) is 23.0 Å². The third-order valence-corrected chi connectivity index (χ3v) is 12.3. The zero-order valence-corrected chi connectivity index (χ0v) is 31.6. The van der Waals surface area contributed by atoms with Crippen LogP contribution in [0.1, 0.15) is 11.1 Å². The maximum absolute atomic E-state index is 6.52. The normalized spacial score (nSPS) is 13.1. The standard InChI is InChI=1S/C53H31BN2O3/c1-3-12-31(13-4-1)35-27-36(32-14-5-2-6-15-32)29-37(28-35)39-19-9-21-41-40-20-8-18-38(42(40)30-43(39)41)33-16-7-17-34(26-33)51-55-52-50-53(56-51)59-47-25-11-23-45-49(47)54(50)48-44(57-45)22-10-24-46(48)58-52/h1-29H,30H2. The molecule has 1 aliphatic carbocycles. The van der Waals surface area contributed by atoms with E-state index in [-0.39, 0.29) is 6.71 Å². The van der Waals surface area contributed by atoms with E-state index >= 15 is 0 Å². The molecule has 0 saturated carbocycles. The number of aromatic nitrogens is 2. The Bertz CT molecular complexity index is 3100. The molecule has 0 bridgehead atoms. The predicted molar refractivity (Wildman–Crippen MR) is 235 cm³/mol. The van der Waals surface area contributed by atoms with E-state index in [1.54, 1.807) is 0 Å². The van der Waals surface area contributed by atoms with Crippen molar-refractivity contribution >= 4 is 23.1 Å². The Hall–Kier alpha value is -7.70. The molecule has 0 spiro atoms. The van der Waals surface area contributed by atoms with E-state index in [0.29, 0.717) is 17.6 Å². The van der Waals surface area contributed by atoms with Gasteiger partial charge < -0.3 is 14.2 Å². The molecule has 1 aromatic heterocycles. The minimum Gasteiger partial charge on any atom is -0.458 e. The van der Waals surface area contributed by atoms with Crippen LogP contribution in [0.15, 0.2) is 176 Å². The number of rotatable bonds is 5. The van der Waals surface area contributed by atoms with Gasteiger partial charge in [-0.2, -0.15) is 9.97 Å². The summed E-state index contributed by atoms with van der Waals surface area (Å²) in [6.07, 6.45) is 0.826. The van der Waals surface area contributed by atoms with Crippen LogP contribution < -0.4 is 30.6 Å². The average Bonchev–Trinajstić information content (AvgIpc) is 3.69. The minimum atomic E-state index is -0.127. The molecular weight excluding hydrogens is 723 g/mol. The fourth-order valence-corrected chi connectivity index (χ4v) is 9.67. The maximum atomic E-state index is 6.52. The molecule has 0 fully saturated rings. The lowest BCUT2D eigenvalue weighted by atomic mass is 9.34. The summed E-state index contributed by atoms with van der Waals surface area (Å²) in [5.74, 6) is 4.65. The topological polar surface area (TPSA) is 53.5 Å². The summed E-state index contributed by atoms with van der Waals surface area (Å²) in [5.41, 5.74) is 18.6. The van der Waals surface area contributed by atoms with Crippen LogP contribution in [-0.2, 0) is 6.42 Å². The fraction of sp³-hybridized carbons (Fsp3) is 0.0189. The van der Waals surface area contributed by atoms with Crippen LogP contribution >= 0.6 is 0 Å². The second-order valence-corrected chi connectivity index (χ2v) is 15.6. The van der Waals surface area contributed by atoms with Gasteiger partial charge >= 0.3 is 0 Å². The quantitative estimate of drug-likeness (QED) is 0.164. The van der Waals surface area contributed by atoms with Gasteiger partial charge in [0.05, 0.1) is 5.46 Å². The highest BCUT2D eigenvalue weighted by Gasteiger charge is 2.47. The third kappa shape index (κ3) is 4.93. The van der Waals surface area contributed by atoms with Crippen LogP contribution in [-0.4, -0.2) is 16.7 Å². The van der Waals surface area contributed by atoms with Crippen molar-refractivity contribution in [3.05, 3.63) is 187 Å². The molecule has 0 amide bonds. The summed E-state index contributed by atoms with van der Waals surface area (Å²) < 4.78 is 19.4. The summed E-state index contributed by atoms with van der Waals surface area (Å²) in [6, 6.07) is 62.2. The van der Waals surface area contributed by atoms with Gasteiger partial charge in [0.15, 0.2) is 5.82 Å². The zero-order valence-electron chi connectivity index (χ0n) is 31.6. The van der Waals surface area contributed by atoms with Crippen LogP contribution in [0.2, 0.25) is 0 Å². The lowest BCUT2D eigenvalue weighted by molar-refractivity contribution is 0.425. The highest BCUT2D eigenvalue weighted by molar-refractivity contribution is 6.99. The lowest BCUT2D eigenvalue weighted by Crippen LogP contribution is -2.60. The molecule has 3 aliphatic heterocycles. The Morgan fingerprint density at radius 2 is 0.763 bits per heavy atom. The molecule has 5 nitrogen and oxygen atoms in total. The molecule has 9 aromatic rings. The molecule has 4 aliphatic rings. The third-order valence-electron chi connectivity index (χ3n) is 12.3. The molecule has 0 saturated heterocycles. The minimum absolute atomic E-state index is 0.127. The van der Waals surface area contributed by atoms with E-state index in [0.717, 1.165) is 56.9 Å². The first-order valence-electron chi connectivity index (χ1n) is 20.0. The largest absolute Gasteiger partial charge is 0.458 e. The van der Waals surface area contributed by atoms with Crippen LogP contribution in [0.4, 0.5) is 0 Å². The Labute approximate surface area is 341 Å². The van der Waals surface area contributed by atoms with Gasteiger partial charge in [-0.25, -0.2) is 0 Å². The first kappa shape index (κ1) is 32.4. The van der Waals surface area contributed by atoms with Gasteiger partial charge in [-0.05, 0) is 122 Å². The first-order valence-corrected chi connectivity index (χ1v) is 20.0. The number of hydrogen-bond acceptors (Lipinski definition) is 5.